The number of nitrogens with one attached hydrogen (secondary N) is 1. The molecular weight excluding hydrogens is 266 g/mol. The molecule has 1 aliphatic rings. The molecule has 20 heavy (non-hydrogen) atoms. The van der Waals surface area contributed by atoms with Gasteiger partial charge in [0.05, 0.1) is 0 Å². The Hall–Kier alpha value is -0.530. The molecular formula is C18H28ClN. The first-order valence-electron chi connectivity index (χ1n) is 7.95. The topological polar surface area (TPSA) is 12.0 Å². The van der Waals surface area contributed by atoms with Crippen LogP contribution >= 0.6 is 11.6 Å². The van der Waals surface area contributed by atoms with Gasteiger partial charge in [0.25, 0.3) is 0 Å². The summed E-state index contributed by atoms with van der Waals surface area (Å²) in [7, 11) is 0. The summed E-state index contributed by atoms with van der Waals surface area (Å²) in [5.74, 6) is 0.702. The third kappa shape index (κ3) is 3.38. The largest absolute Gasteiger partial charge is 0.310 e. The Labute approximate surface area is 129 Å². The van der Waals surface area contributed by atoms with E-state index in [0.29, 0.717) is 17.4 Å². The van der Waals surface area contributed by atoms with E-state index in [4.69, 9.17) is 11.6 Å². The second kappa shape index (κ2) is 6.49. The summed E-state index contributed by atoms with van der Waals surface area (Å²) in [5, 5.41) is 4.66. The second-order valence-corrected chi connectivity index (χ2v) is 7.33. The van der Waals surface area contributed by atoms with Crippen LogP contribution in [0.1, 0.15) is 63.6 Å². The normalized spacial score (nSPS) is 22.9. The first kappa shape index (κ1) is 15.9. The Morgan fingerprint density at radius 3 is 2.70 bits per heavy atom. The zero-order chi connectivity index (χ0) is 14.8. The van der Waals surface area contributed by atoms with Crippen molar-refractivity contribution in [2.75, 3.05) is 6.54 Å². The van der Waals surface area contributed by atoms with Crippen molar-refractivity contribution in [1.82, 2.24) is 5.32 Å². The van der Waals surface area contributed by atoms with Gasteiger partial charge in [-0.25, -0.2) is 0 Å². The summed E-state index contributed by atoms with van der Waals surface area (Å²) in [6.45, 7) is 10.2. The SMILES string of the molecule is CCCNC(c1ccc(C)c(Cl)c1)C1CCCC1(C)C. The lowest BCUT2D eigenvalue weighted by Gasteiger charge is -2.35. The molecule has 2 rings (SSSR count). The van der Waals surface area contributed by atoms with E-state index in [1.54, 1.807) is 0 Å². The minimum absolute atomic E-state index is 0.419. The Balaban J connectivity index is 2.29. The fourth-order valence-electron chi connectivity index (χ4n) is 3.57. The van der Waals surface area contributed by atoms with Crippen molar-refractivity contribution in [3.63, 3.8) is 0 Å². The van der Waals surface area contributed by atoms with Crippen molar-refractivity contribution in [3.05, 3.63) is 34.3 Å². The molecule has 0 aliphatic heterocycles. The lowest BCUT2D eigenvalue weighted by Crippen LogP contribution is -2.34. The minimum atomic E-state index is 0.419. The Kier molecular flexibility index (Phi) is 5.14. The number of hydrogen-bond donors (Lipinski definition) is 1. The summed E-state index contributed by atoms with van der Waals surface area (Å²) < 4.78 is 0. The van der Waals surface area contributed by atoms with Gasteiger partial charge in [-0.05, 0) is 61.3 Å². The molecule has 0 bridgehead atoms. The first-order chi connectivity index (χ1) is 9.45. The van der Waals surface area contributed by atoms with E-state index < -0.39 is 0 Å². The fourth-order valence-corrected chi connectivity index (χ4v) is 3.76. The van der Waals surface area contributed by atoms with Gasteiger partial charge in [0.15, 0.2) is 0 Å². The molecule has 1 aliphatic carbocycles. The van der Waals surface area contributed by atoms with Crippen LogP contribution in [0.25, 0.3) is 0 Å². The van der Waals surface area contributed by atoms with Crippen molar-refractivity contribution < 1.29 is 0 Å². The Morgan fingerprint density at radius 2 is 2.15 bits per heavy atom. The van der Waals surface area contributed by atoms with E-state index >= 15 is 0 Å². The molecule has 1 saturated carbocycles. The summed E-state index contributed by atoms with van der Waals surface area (Å²) in [6.07, 6.45) is 5.17. The van der Waals surface area contributed by atoms with Gasteiger partial charge < -0.3 is 5.32 Å². The molecule has 0 aromatic heterocycles. The number of hydrogen-bond acceptors (Lipinski definition) is 1. The number of benzene rings is 1. The molecule has 0 radical (unpaired) electrons. The van der Waals surface area contributed by atoms with Crippen LogP contribution in [-0.4, -0.2) is 6.54 Å². The zero-order valence-electron chi connectivity index (χ0n) is 13.3. The summed E-state index contributed by atoms with van der Waals surface area (Å²) in [5.41, 5.74) is 2.94. The molecule has 1 nitrogen and oxygen atoms in total. The highest BCUT2D eigenvalue weighted by molar-refractivity contribution is 6.31. The van der Waals surface area contributed by atoms with Crippen LogP contribution in [0.3, 0.4) is 0 Å². The molecule has 0 heterocycles. The standard InChI is InChI=1S/C18H28ClN/c1-5-11-20-17(15-7-6-10-18(15,3)4)14-9-8-13(2)16(19)12-14/h8-9,12,15,17,20H,5-7,10-11H2,1-4H3. The second-order valence-electron chi connectivity index (χ2n) is 6.93. The van der Waals surface area contributed by atoms with Crippen LogP contribution in [0.4, 0.5) is 0 Å². The summed E-state index contributed by atoms with van der Waals surface area (Å²) in [4.78, 5) is 0. The van der Waals surface area contributed by atoms with E-state index in [0.717, 1.165) is 17.1 Å². The van der Waals surface area contributed by atoms with Gasteiger partial charge in [0, 0.05) is 11.1 Å². The van der Waals surface area contributed by atoms with E-state index in [9.17, 15) is 0 Å². The highest BCUT2D eigenvalue weighted by Gasteiger charge is 2.39. The van der Waals surface area contributed by atoms with Crippen molar-refractivity contribution in [2.24, 2.45) is 11.3 Å². The average Bonchev–Trinajstić information content (AvgIpc) is 2.74. The molecule has 0 spiro atoms. The maximum Gasteiger partial charge on any atom is 0.0438 e. The molecule has 1 aromatic rings. The van der Waals surface area contributed by atoms with Gasteiger partial charge in [0.1, 0.15) is 0 Å². The zero-order valence-corrected chi connectivity index (χ0v) is 14.1. The number of aryl methyl sites for hydroxylation is 1. The van der Waals surface area contributed by atoms with Crippen LogP contribution in [0.5, 0.6) is 0 Å². The van der Waals surface area contributed by atoms with Crippen LogP contribution in [0, 0.1) is 18.3 Å². The molecule has 2 atom stereocenters. The maximum atomic E-state index is 6.34. The fraction of sp³-hybridized carbons (Fsp3) is 0.667. The molecule has 112 valence electrons. The smallest absolute Gasteiger partial charge is 0.0438 e. The van der Waals surface area contributed by atoms with Gasteiger partial charge >= 0.3 is 0 Å². The van der Waals surface area contributed by atoms with Crippen molar-refractivity contribution in [1.29, 1.82) is 0 Å². The van der Waals surface area contributed by atoms with Gasteiger partial charge in [-0.2, -0.15) is 0 Å². The molecule has 1 fully saturated rings. The minimum Gasteiger partial charge on any atom is -0.310 e. The number of halogens is 1. The molecule has 2 unspecified atom stereocenters. The quantitative estimate of drug-likeness (QED) is 0.754. The van der Waals surface area contributed by atoms with Gasteiger partial charge in [-0.15, -0.1) is 0 Å². The van der Waals surface area contributed by atoms with Crippen LogP contribution in [-0.2, 0) is 0 Å². The van der Waals surface area contributed by atoms with Crippen molar-refractivity contribution in [2.45, 2.75) is 59.4 Å². The van der Waals surface area contributed by atoms with Gasteiger partial charge in [0.2, 0.25) is 0 Å². The summed E-state index contributed by atoms with van der Waals surface area (Å²) in [6, 6.07) is 7.01. The summed E-state index contributed by atoms with van der Waals surface area (Å²) >= 11 is 6.34. The molecule has 0 amide bonds. The lowest BCUT2D eigenvalue weighted by atomic mass is 9.75. The molecule has 1 N–H and O–H groups in total. The molecule has 2 heteroatoms. The first-order valence-corrected chi connectivity index (χ1v) is 8.33. The van der Waals surface area contributed by atoms with E-state index in [1.807, 2.05) is 0 Å². The van der Waals surface area contributed by atoms with E-state index in [1.165, 1.54) is 31.2 Å². The Morgan fingerprint density at radius 1 is 1.40 bits per heavy atom. The van der Waals surface area contributed by atoms with E-state index in [-0.39, 0.29) is 0 Å². The van der Waals surface area contributed by atoms with Crippen LogP contribution < -0.4 is 5.32 Å². The average molecular weight is 294 g/mol. The van der Waals surface area contributed by atoms with Crippen molar-refractivity contribution >= 4 is 11.6 Å². The van der Waals surface area contributed by atoms with Crippen LogP contribution in [0.15, 0.2) is 18.2 Å². The Bertz CT molecular complexity index is 453. The van der Waals surface area contributed by atoms with Crippen LogP contribution in [0.2, 0.25) is 5.02 Å². The van der Waals surface area contributed by atoms with E-state index in [2.05, 4.69) is 51.2 Å². The highest BCUT2D eigenvalue weighted by atomic mass is 35.5. The third-order valence-electron chi connectivity index (χ3n) is 4.91. The number of rotatable bonds is 5. The highest BCUT2D eigenvalue weighted by Crippen LogP contribution is 2.48. The molecule has 0 saturated heterocycles. The van der Waals surface area contributed by atoms with Gasteiger partial charge in [-0.1, -0.05) is 50.9 Å². The predicted octanol–water partition coefficient (Wildman–Crippen LogP) is 5.52. The lowest BCUT2D eigenvalue weighted by molar-refractivity contribution is 0.198. The third-order valence-corrected chi connectivity index (χ3v) is 5.32. The monoisotopic (exact) mass is 293 g/mol. The van der Waals surface area contributed by atoms with Crippen molar-refractivity contribution in [3.8, 4) is 0 Å². The maximum absolute atomic E-state index is 6.34. The predicted molar refractivity (Wildman–Crippen MR) is 88.3 cm³/mol. The molecule has 1 aromatic carbocycles. The van der Waals surface area contributed by atoms with Gasteiger partial charge in [-0.3, -0.25) is 0 Å².